The van der Waals surface area contributed by atoms with E-state index >= 15 is 0 Å². The molecule has 1 aliphatic heterocycles. The molecule has 6 nitrogen and oxygen atoms in total. The van der Waals surface area contributed by atoms with Crippen LogP contribution >= 0.6 is 11.6 Å². The van der Waals surface area contributed by atoms with Crippen LogP contribution in [0.25, 0.3) is 0 Å². The largest absolute Gasteiger partial charge is 0.394 e. The number of hydrogen-bond donors (Lipinski definition) is 2. The molecule has 0 atom stereocenters. The van der Waals surface area contributed by atoms with Gasteiger partial charge in [0, 0.05) is 19.3 Å². The standard InChI is InChI=1S/C12H15ClN2O4/c13-9-2-1-3-10(15(17)18)11(9)14-12(8-16)4-6-19-7-5-12/h1-3,14,16H,4-8H2. The second-order valence-electron chi connectivity index (χ2n) is 4.57. The maximum absolute atomic E-state index is 11.0. The zero-order valence-corrected chi connectivity index (χ0v) is 11.0. The van der Waals surface area contributed by atoms with Crippen LogP contribution in [0.15, 0.2) is 18.2 Å². The Morgan fingerprint density at radius 2 is 2.16 bits per heavy atom. The fourth-order valence-corrected chi connectivity index (χ4v) is 2.36. The lowest BCUT2D eigenvalue weighted by Crippen LogP contribution is -2.47. The van der Waals surface area contributed by atoms with Gasteiger partial charge in [-0.25, -0.2) is 0 Å². The molecule has 1 aliphatic rings. The van der Waals surface area contributed by atoms with Crippen molar-refractivity contribution in [2.75, 3.05) is 25.1 Å². The SMILES string of the molecule is O=[N+]([O-])c1cccc(Cl)c1NC1(CO)CCOCC1. The highest BCUT2D eigenvalue weighted by Gasteiger charge is 2.34. The highest BCUT2D eigenvalue weighted by molar-refractivity contribution is 6.33. The van der Waals surface area contributed by atoms with Crippen LogP contribution in [0.2, 0.25) is 5.02 Å². The van der Waals surface area contributed by atoms with Crippen molar-refractivity contribution in [3.63, 3.8) is 0 Å². The van der Waals surface area contributed by atoms with E-state index in [1.807, 2.05) is 0 Å². The fourth-order valence-electron chi connectivity index (χ4n) is 2.14. The molecule has 104 valence electrons. The first-order valence-electron chi connectivity index (χ1n) is 5.98. The summed E-state index contributed by atoms with van der Waals surface area (Å²) in [6.45, 7) is 0.885. The molecule has 0 aromatic heterocycles. The van der Waals surface area contributed by atoms with E-state index in [-0.39, 0.29) is 23.0 Å². The summed E-state index contributed by atoms with van der Waals surface area (Å²) < 4.78 is 5.25. The van der Waals surface area contributed by atoms with Gasteiger partial charge in [-0.1, -0.05) is 17.7 Å². The first-order valence-corrected chi connectivity index (χ1v) is 6.35. The van der Waals surface area contributed by atoms with Crippen LogP contribution in [0.5, 0.6) is 0 Å². The third-order valence-electron chi connectivity index (χ3n) is 3.33. The average Bonchev–Trinajstić information content (AvgIpc) is 2.42. The van der Waals surface area contributed by atoms with Crippen molar-refractivity contribution in [1.29, 1.82) is 0 Å². The number of aliphatic hydroxyl groups excluding tert-OH is 1. The predicted molar refractivity (Wildman–Crippen MR) is 71.6 cm³/mol. The molecule has 1 heterocycles. The average molecular weight is 287 g/mol. The van der Waals surface area contributed by atoms with Crippen molar-refractivity contribution in [3.05, 3.63) is 33.3 Å². The minimum atomic E-state index is -0.617. The Hall–Kier alpha value is -1.37. The number of halogens is 1. The van der Waals surface area contributed by atoms with E-state index in [2.05, 4.69) is 5.32 Å². The number of ether oxygens (including phenoxy) is 1. The number of hydrogen-bond acceptors (Lipinski definition) is 5. The Bertz CT molecular complexity index is 475. The Kier molecular flexibility index (Phi) is 4.24. The summed E-state index contributed by atoms with van der Waals surface area (Å²) in [6, 6.07) is 4.50. The number of anilines is 1. The Balaban J connectivity index is 2.33. The van der Waals surface area contributed by atoms with Crippen LogP contribution in [0.3, 0.4) is 0 Å². The monoisotopic (exact) mass is 286 g/mol. The Morgan fingerprint density at radius 1 is 1.47 bits per heavy atom. The molecule has 0 saturated carbocycles. The van der Waals surface area contributed by atoms with Gasteiger partial charge in [-0.15, -0.1) is 0 Å². The van der Waals surface area contributed by atoms with E-state index in [1.54, 1.807) is 6.07 Å². The molecular formula is C12H15ClN2O4. The van der Waals surface area contributed by atoms with Crippen LogP contribution in [-0.2, 0) is 4.74 Å². The third kappa shape index (κ3) is 2.97. The summed E-state index contributed by atoms with van der Waals surface area (Å²) in [6.07, 6.45) is 1.15. The summed E-state index contributed by atoms with van der Waals surface area (Å²) in [4.78, 5) is 10.5. The molecule has 0 amide bonds. The second kappa shape index (κ2) is 5.73. The smallest absolute Gasteiger partial charge is 0.293 e. The van der Waals surface area contributed by atoms with Gasteiger partial charge in [0.15, 0.2) is 0 Å². The molecule has 0 spiro atoms. The summed E-state index contributed by atoms with van der Waals surface area (Å²) in [5.41, 5.74) is -0.453. The zero-order chi connectivity index (χ0) is 13.9. The Morgan fingerprint density at radius 3 is 2.74 bits per heavy atom. The van der Waals surface area contributed by atoms with Crippen LogP contribution in [0.4, 0.5) is 11.4 Å². The van der Waals surface area contributed by atoms with E-state index in [4.69, 9.17) is 16.3 Å². The lowest BCUT2D eigenvalue weighted by Gasteiger charge is -2.37. The van der Waals surface area contributed by atoms with Gasteiger partial charge in [-0.05, 0) is 18.9 Å². The molecule has 0 bridgehead atoms. The molecule has 1 fully saturated rings. The van der Waals surface area contributed by atoms with E-state index < -0.39 is 10.5 Å². The summed E-state index contributed by atoms with van der Waals surface area (Å²) >= 11 is 6.03. The summed E-state index contributed by atoms with van der Waals surface area (Å²) in [5.74, 6) is 0. The molecule has 19 heavy (non-hydrogen) atoms. The molecule has 0 aliphatic carbocycles. The number of rotatable bonds is 4. The van der Waals surface area contributed by atoms with Crippen LogP contribution in [0, 0.1) is 10.1 Å². The molecule has 1 aromatic rings. The highest BCUT2D eigenvalue weighted by Crippen LogP contribution is 2.36. The van der Waals surface area contributed by atoms with Gasteiger partial charge in [0.1, 0.15) is 5.69 Å². The Labute approximate surface area is 115 Å². The molecule has 1 aromatic carbocycles. The van der Waals surface area contributed by atoms with Crippen LogP contribution < -0.4 is 5.32 Å². The molecule has 0 radical (unpaired) electrons. The highest BCUT2D eigenvalue weighted by atomic mass is 35.5. The zero-order valence-electron chi connectivity index (χ0n) is 10.3. The number of nitrogens with one attached hydrogen (secondary N) is 1. The van der Waals surface area contributed by atoms with Gasteiger partial charge in [-0.2, -0.15) is 0 Å². The third-order valence-corrected chi connectivity index (χ3v) is 3.65. The van der Waals surface area contributed by atoms with Crippen LogP contribution in [-0.4, -0.2) is 35.4 Å². The van der Waals surface area contributed by atoms with Crippen molar-refractivity contribution < 1.29 is 14.8 Å². The number of nitro groups is 1. The molecule has 0 unspecified atom stereocenters. The summed E-state index contributed by atoms with van der Waals surface area (Å²) in [5, 5.41) is 24.0. The number of aliphatic hydroxyl groups is 1. The van der Waals surface area contributed by atoms with Crippen molar-refractivity contribution in [1.82, 2.24) is 0 Å². The first kappa shape index (κ1) is 14.0. The minimum absolute atomic E-state index is 0.0909. The lowest BCUT2D eigenvalue weighted by atomic mass is 9.90. The van der Waals surface area contributed by atoms with Crippen molar-refractivity contribution in [2.24, 2.45) is 0 Å². The van der Waals surface area contributed by atoms with E-state index in [0.29, 0.717) is 26.1 Å². The van der Waals surface area contributed by atoms with Crippen molar-refractivity contribution in [3.8, 4) is 0 Å². The molecule has 7 heteroatoms. The van der Waals surface area contributed by atoms with Gasteiger partial charge < -0.3 is 15.2 Å². The van der Waals surface area contributed by atoms with Gasteiger partial charge in [0.05, 0.1) is 22.1 Å². The number of nitrogens with zero attached hydrogens (tertiary/aromatic N) is 1. The molecule has 2 N–H and O–H groups in total. The van der Waals surface area contributed by atoms with E-state index in [9.17, 15) is 15.2 Å². The summed E-state index contributed by atoms with van der Waals surface area (Å²) in [7, 11) is 0. The predicted octanol–water partition coefficient (Wildman–Crippen LogP) is 2.20. The van der Waals surface area contributed by atoms with Crippen molar-refractivity contribution >= 4 is 23.0 Å². The maximum Gasteiger partial charge on any atom is 0.293 e. The lowest BCUT2D eigenvalue weighted by molar-refractivity contribution is -0.384. The van der Waals surface area contributed by atoms with E-state index in [0.717, 1.165) is 0 Å². The van der Waals surface area contributed by atoms with Gasteiger partial charge in [0.2, 0.25) is 0 Å². The van der Waals surface area contributed by atoms with Gasteiger partial charge in [-0.3, -0.25) is 10.1 Å². The van der Waals surface area contributed by atoms with E-state index in [1.165, 1.54) is 12.1 Å². The van der Waals surface area contributed by atoms with Gasteiger partial charge in [0.25, 0.3) is 5.69 Å². The topological polar surface area (TPSA) is 84.6 Å². The molecule has 2 rings (SSSR count). The maximum atomic E-state index is 11.0. The molecule has 1 saturated heterocycles. The van der Waals surface area contributed by atoms with Gasteiger partial charge >= 0.3 is 0 Å². The number of benzene rings is 1. The van der Waals surface area contributed by atoms with Crippen LogP contribution in [0.1, 0.15) is 12.8 Å². The first-order chi connectivity index (χ1) is 9.08. The number of nitro benzene ring substituents is 1. The minimum Gasteiger partial charge on any atom is -0.394 e. The second-order valence-corrected chi connectivity index (χ2v) is 4.97. The molecular weight excluding hydrogens is 272 g/mol. The van der Waals surface area contributed by atoms with Crippen molar-refractivity contribution in [2.45, 2.75) is 18.4 Å². The number of para-hydroxylation sites is 1. The quantitative estimate of drug-likeness (QED) is 0.655. The fraction of sp³-hybridized carbons (Fsp3) is 0.500. The normalized spacial score (nSPS) is 18.0.